The van der Waals surface area contributed by atoms with E-state index in [1.165, 1.54) is 4.88 Å². The fourth-order valence-electron chi connectivity index (χ4n) is 1.14. The van der Waals surface area contributed by atoms with E-state index in [9.17, 15) is 0 Å². The molecule has 0 unspecified atom stereocenters. The van der Waals surface area contributed by atoms with Crippen molar-refractivity contribution in [2.24, 2.45) is 0 Å². The summed E-state index contributed by atoms with van der Waals surface area (Å²) in [5.74, 6) is 0.813. The molecular weight excluding hydrogens is 264 g/mol. The predicted octanol–water partition coefficient (Wildman–Crippen LogP) is 2.70. The molecule has 0 aliphatic carbocycles. The van der Waals surface area contributed by atoms with Gasteiger partial charge in [-0.3, -0.25) is 0 Å². The van der Waals surface area contributed by atoms with Gasteiger partial charge in [0, 0.05) is 9.35 Å². The third-order valence-corrected chi connectivity index (χ3v) is 4.03. The molecule has 0 radical (unpaired) electrons. The fraction of sp³-hybridized carbons (Fsp3) is 0.222. The molecule has 0 saturated heterocycles. The van der Waals surface area contributed by atoms with Crippen molar-refractivity contribution in [2.75, 3.05) is 0 Å². The summed E-state index contributed by atoms with van der Waals surface area (Å²) in [6.45, 7) is 2.05. The Morgan fingerprint density at radius 2 is 2.43 bits per heavy atom. The minimum atomic E-state index is -0.00146. The van der Waals surface area contributed by atoms with Crippen molar-refractivity contribution < 1.29 is 5.11 Å². The van der Waals surface area contributed by atoms with Gasteiger partial charge in [-0.15, -0.1) is 11.3 Å². The normalized spacial score (nSPS) is 10.8. The average molecular weight is 273 g/mol. The van der Waals surface area contributed by atoms with Crippen molar-refractivity contribution in [2.45, 2.75) is 13.5 Å². The summed E-state index contributed by atoms with van der Waals surface area (Å²) in [5.41, 5.74) is 0.738. The molecule has 14 heavy (non-hydrogen) atoms. The number of imidazole rings is 1. The van der Waals surface area contributed by atoms with Crippen molar-refractivity contribution in [1.29, 1.82) is 0 Å². The molecule has 2 heterocycles. The number of nitrogens with zero attached hydrogens (tertiary/aromatic N) is 1. The number of aromatic amines is 1. The number of aromatic nitrogens is 2. The molecular formula is C9H9BrN2OS. The number of thiophene rings is 1. The predicted molar refractivity (Wildman–Crippen MR) is 60.3 cm³/mol. The van der Waals surface area contributed by atoms with Gasteiger partial charge < -0.3 is 10.1 Å². The molecule has 0 aromatic carbocycles. The lowest BCUT2D eigenvalue weighted by molar-refractivity contribution is 0.277. The molecule has 0 spiro atoms. The van der Waals surface area contributed by atoms with E-state index in [1.54, 1.807) is 17.5 Å². The van der Waals surface area contributed by atoms with Crippen LogP contribution in [0.4, 0.5) is 0 Å². The molecule has 2 aromatic rings. The highest BCUT2D eigenvalue weighted by atomic mass is 79.9. The van der Waals surface area contributed by atoms with E-state index >= 15 is 0 Å². The van der Waals surface area contributed by atoms with Crippen LogP contribution in [0.3, 0.4) is 0 Å². The number of H-pyrrole nitrogens is 1. The Kier molecular flexibility index (Phi) is 2.71. The Morgan fingerprint density at radius 1 is 1.64 bits per heavy atom. The Morgan fingerprint density at radius 3 is 2.93 bits per heavy atom. The number of rotatable bonds is 2. The minimum absolute atomic E-state index is 0.00146. The van der Waals surface area contributed by atoms with Crippen LogP contribution in [0.5, 0.6) is 0 Å². The van der Waals surface area contributed by atoms with E-state index in [2.05, 4.69) is 25.9 Å². The van der Waals surface area contributed by atoms with Crippen molar-refractivity contribution in [3.63, 3.8) is 0 Å². The molecule has 0 amide bonds. The summed E-state index contributed by atoms with van der Waals surface area (Å²) in [6.07, 6.45) is 1.65. The van der Waals surface area contributed by atoms with E-state index in [1.807, 2.05) is 13.0 Å². The van der Waals surface area contributed by atoms with E-state index in [-0.39, 0.29) is 6.61 Å². The van der Waals surface area contributed by atoms with Crippen molar-refractivity contribution in [3.8, 4) is 10.7 Å². The molecule has 5 heteroatoms. The highest BCUT2D eigenvalue weighted by molar-refractivity contribution is 9.10. The maximum absolute atomic E-state index is 8.88. The zero-order valence-corrected chi connectivity index (χ0v) is 9.94. The van der Waals surface area contributed by atoms with Crippen molar-refractivity contribution >= 4 is 27.3 Å². The second-order valence-electron chi connectivity index (χ2n) is 2.93. The molecule has 0 bridgehead atoms. The van der Waals surface area contributed by atoms with E-state index in [0.717, 1.165) is 20.9 Å². The number of hydrogen-bond donors (Lipinski definition) is 2. The number of aliphatic hydroxyl groups excluding tert-OH is 1. The molecule has 0 fully saturated rings. The zero-order valence-electron chi connectivity index (χ0n) is 7.54. The Balaban J connectivity index is 2.39. The van der Waals surface area contributed by atoms with Crippen LogP contribution in [0.25, 0.3) is 10.7 Å². The van der Waals surface area contributed by atoms with E-state index in [0.29, 0.717) is 0 Å². The number of aryl methyl sites for hydroxylation is 1. The number of hydrogen-bond acceptors (Lipinski definition) is 3. The lowest BCUT2D eigenvalue weighted by Crippen LogP contribution is -1.80. The van der Waals surface area contributed by atoms with Crippen LogP contribution in [0, 0.1) is 6.92 Å². The van der Waals surface area contributed by atoms with Crippen LogP contribution < -0.4 is 0 Å². The Labute approximate surface area is 93.9 Å². The zero-order chi connectivity index (χ0) is 10.1. The van der Waals surface area contributed by atoms with Crippen molar-refractivity contribution in [1.82, 2.24) is 9.97 Å². The van der Waals surface area contributed by atoms with Gasteiger partial charge >= 0.3 is 0 Å². The lowest BCUT2D eigenvalue weighted by atomic mass is 10.4. The number of nitrogens with one attached hydrogen (secondary N) is 1. The van der Waals surface area contributed by atoms with E-state index < -0.39 is 0 Å². The topological polar surface area (TPSA) is 48.9 Å². The first-order valence-corrected chi connectivity index (χ1v) is 5.72. The molecule has 2 aromatic heterocycles. The second kappa shape index (κ2) is 3.84. The van der Waals surface area contributed by atoms with Crippen LogP contribution in [0.2, 0.25) is 0 Å². The summed E-state index contributed by atoms with van der Waals surface area (Å²) < 4.78 is 1.10. The Bertz CT molecular complexity index is 430. The van der Waals surface area contributed by atoms with Gasteiger partial charge in [-0.05, 0) is 28.9 Å². The number of halogens is 1. The summed E-state index contributed by atoms with van der Waals surface area (Å²) in [4.78, 5) is 9.54. The first-order valence-electron chi connectivity index (χ1n) is 4.11. The van der Waals surface area contributed by atoms with Gasteiger partial charge in [0.05, 0.1) is 23.4 Å². The summed E-state index contributed by atoms with van der Waals surface area (Å²) in [5, 5.41) is 8.88. The molecule has 0 saturated carbocycles. The molecule has 2 N–H and O–H groups in total. The minimum Gasteiger partial charge on any atom is -0.390 e. The maximum Gasteiger partial charge on any atom is 0.147 e. The molecule has 74 valence electrons. The van der Waals surface area contributed by atoms with Gasteiger partial charge in [-0.1, -0.05) is 0 Å². The summed E-state index contributed by atoms with van der Waals surface area (Å²) in [7, 11) is 0. The van der Waals surface area contributed by atoms with Gasteiger partial charge in [-0.25, -0.2) is 4.98 Å². The number of aliphatic hydroxyl groups is 1. The largest absolute Gasteiger partial charge is 0.390 e. The van der Waals surface area contributed by atoms with Gasteiger partial charge in [0.2, 0.25) is 0 Å². The van der Waals surface area contributed by atoms with Gasteiger partial charge in [0.15, 0.2) is 0 Å². The first kappa shape index (κ1) is 9.89. The molecule has 3 nitrogen and oxygen atoms in total. The smallest absolute Gasteiger partial charge is 0.147 e. The maximum atomic E-state index is 8.88. The Hall–Kier alpha value is -0.650. The van der Waals surface area contributed by atoms with Gasteiger partial charge in [-0.2, -0.15) is 0 Å². The van der Waals surface area contributed by atoms with Gasteiger partial charge in [0.25, 0.3) is 0 Å². The molecule has 0 atom stereocenters. The summed E-state index contributed by atoms with van der Waals surface area (Å²) >= 11 is 5.13. The lowest BCUT2D eigenvalue weighted by Gasteiger charge is -1.88. The van der Waals surface area contributed by atoms with Gasteiger partial charge in [0.1, 0.15) is 5.82 Å². The third-order valence-electron chi connectivity index (χ3n) is 1.89. The highest BCUT2D eigenvalue weighted by Crippen LogP contribution is 2.32. The average Bonchev–Trinajstić information content (AvgIpc) is 2.74. The quantitative estimate of drug-likeness (QED) is 0.883. The van der Waals surface area contributed by atoms with Crippen LogP contribution in [0.1, 0.15) is 10.6 Å². The molecule has 0 aliphatic rings. The fourth-order valence-corrected chi connectivity index (χ4v) is 2.63. The monoisotopic (exact) mass is 272 g/mol. The second-order valence-corrected chi connectivity index (χ2v) is 5.04. The third kappa shape index (κ3) is 1.75. The van der Waals surface area contributed by atoms with Crippen LogP contribution in [-0.2, 0) is 6.61 Å². The standard InChI is InChI=1S/C9H9BrN2OS/c1-5-7(10)2-8(14-5)9-11-3-6(4-13)12-9/h2-3,13H,4H2,1H3,(H,11,12). The first-order chi connectivity index (χ1) is 6.70. The SMILES string of the molecule is Cc1sc(-c2ncc(CO)[nH]2)cc1Br. The molecule has 2 rings (SSSR count). The highest BCUT2D eigenvalue weighted by Gasteiger charge is 2.08. The van der Waals surface area contributed by atoms with Crippen molar-refractivity contribution in [3.05, 3.63) is 27.3 Å². The summed E-state index contributed by atoms with van der Waals surface area (Å²) in [6, 6.07) is 2.03. The van der Waals surface area contributed by atoms with Crippen LogP contribution >= 0.6 is 27.3 Å². The van der Waals surface area contributed by atoms with E-state index in [4.69, 9.17) is 5.11 Å². The molecule has 0 aliphatic heterocycles. The van der Waals surface area contributed by atoms with Crippen LogP contribution in [-0.4, -0.2) is 15.1 Å². The van der Waals surface area contributed by atoms with Crippen LogP contribution in [0.15, 0.2) is 16.7 Å².